The zero-order valence-corrected chi connectivity index (χ0v) is 16.6. The van der Waals surface area contributed by atoms with Crippen LogP contribution >= 0.6 is 0 Å². The molecule has 0 saturated heterocycles. The van der Waals surface area contributed by atoms with Gasteiger partial charge in [-0.2, -0.15) is 0 Å². The first-order chi connectivity index (χ1) is 15.1. The highest BCUT2D eigenvalue weighted by atomic mass is 16.5. The lowest BCUT2D eigenvalue weighted by atomic mass is 9.85. The average Bonchev–Trinajstić information content (AvgIpc) is 2.82. The topological polar surface area (TPSA) is 63.6 Å². The third-order valence-corrected chi connectivity index (χ3v) is 5.07. The third-order valence-electron chi connectivity index (χ3n) is 5.07. The lowest BCUT2D eigenvalue weighted by Crippen LogP contribution is -2.09. The van der Waals surface area contributed by atoms with E-state index in [4.69, 9.17) is 4.74 Å². The molecule has 4 aromatic carbocycles. The van der Waals surface area contributed by atoms with Crippen LogP contribution in [0.1, 0.15) is 43.3 Å². The monoisotopic (exact) mass is 408 g/mol. The molecule has 0 amide bonds. The van der Waals surface area contributed by atoms with Crippen LogP contribution in [0, 0.1) is 0 Å². The molecule has 0 aromatic heterocycles. The lowest BCUT2D eigenvalue weighted by Gasteiger charge is -2.19. The number of hydrogen-bond acceptors (Lipinski definition) is 4. The molecule has 0 spiro atoms. The number of rotatable bonds is 6. The maximum atomic E-state index is 12.4. The van der Waals surface area contributed by atoms with E-state index in [0.29, 0.717) is 16.9 Å². The molecule has 4 nitrogen and oxygen atoms in total. The summed E-state index contributed by atoms with van der Waals surface area (Å²) in [6.45, 7) is 0. The lowest BCUT2D eigenvalue weighted by molar-refractivity contribution is 0.0734. The Morgan fingerprint density at radius 3 is 1.84 bits per heavy atom. The smallest absolute Gasteiger partial charge is 0.343 e. The summed E-state index contributed by atoms with van der Waals surface area (Å²) in [5.41, 5.74) is 4.08. The van der Waals surface area contributed by atoms with E-state index in [9.17, 15) is 14.7 Å². The van der Waals surface area contributed by atoms with Crippen molar-refractivity contribution in [1.29, 1.82) is 0 Å². The minimum absolute atomic E-state index is 0.0255. The van der Waals surface area contributed by atoms with Crippen LogP contribution in [0.4, 0.5) is 0 Å². The number of aromatic hydroxyl groups is 1. The van der Waals surface area contributed by atoms with Crippen molar-refractivity contribution in [3.8, 4) is 11.5 Å². The van der Waals surface area contributed by atoms with Crippen molar-refractivity contribution < 1.29 is 19.4 Å². The van der Waals surface area contributed by atoms with Gasteiger partial charge in [0.2, 0.25) is 0 Å². The van der Waals surface area contributed by atoms with Gasteiger partial charge < -0.3 is 9.84 Å². The predicted molar refractivity (Wildman–Crippen MR) is 119 cm³/mol. The van der Waals surface area contributed by atoms with Crippen molar-refractivity contribution >= 4 is 12.3 Å². The molecule has 0 bridgehead atoms. The largest absolute Gasteiger partial charge is 0.508 e. The van der Waals surface area contributed by atoms with Crippen LogP contribution in [0.5, 0.6) is 11.5 Å². The minimum atomic E-state index is -0.483. The molecule has 4 heteroatoms. The second kappa shape index (κ2) is 9.09. The number of esters is 1. The van der Waals surface area contributed by atoms with Crippen LogP contribution in [0.15, 0.2) is 103 Å². The van der Waals surface area contributed by atoms with Crippen LogP contribution in [0.2, 0.25) is 0 Å². The number of aldehydes is 1. The second-order valence-corrected chi connectivity index (χ2v) is 7.13. The molecule has 1 N–H and O–H groups in total. The van der Waals surface area contributed by atoms with Gasteiger partial charge in [0, 0.05) is 11.5 Å². The fourth-order valence-electron chi connectivity index (χ4n) is 3.48. The molecule has 4 rings (SSSR count). The summed E-state index contributed by atoms with van der Waals surface area (Å²) in [4.78, 5) is 23.1. The Balaban J connectivity index is 1.58. The van der Waals surface area contributed by atoms with E-state index in [0.717, 1.165) is 23.0 Å². The van der Waals surface area contributed by atoms with E-state index in [2.05, 4.69) is 12.1 Å². The Morgan fingerprint density at radius 1 is 0.710 bits per heavy atom. The normalized spacial score (nSPS) is 11.5. The van der Waals surface area contributed by atoms with Crippen molar-refractivity contribution in [2.75, 3.05) is 0 Å². The van der Waals surface area contributed by atoms with Gasteiger partial charge in [-0.25, -0.2) is 4.79 Å². The van der Waals surface area contributed by atoms with Crippen molar-refractivity contribution in [2.45, 2.75) is 5.92 Å². The van der Waals surface area contributed by atoms with E-state index >= 15 is 0 Å². The fraction of sp³-hybridized carbons (Fsp3) is 0.0370. The van der Waals surface area contributed by atoms with Gasteiger partial charge in [0.15, 0.2) is 0 Å². The van der Waals surface area contributed by atoms with Crippen molar-refractivity contribution in [2.24, 2.45) is 0 Å². The number of hydrogen-bond donors (Lipinski definition) is 1. The molecule has 0 radical (unpaired) electrons. The Labute approximate surface area is 180 Å². The van der Waals surface area contributed by atoms with E-state index in [1.165, 1.54) is 0 Å². The van der Waals surface area contributed by atoms with E-state index < -0.39 is 5.97 Å². The number of ether oxygens (including phenoxy) is 1. The summed E-state index contributed by atoms with van der Waals surface area (Å²) in [6, 6.07) is 30.9. The molecule has 0 heterocycles. The van der Waals surface area contributed by atoms with Gasteiger partial charge in [-0.05, 0) is 53.1 Å². The number of phenols is 1. The van der Waals surface area contributed by atoms with Crippen LogP contribution in [0.3, 0.4) is 0 Å². The first-order valence-corrected chi connectivity index (χ1v) is 9.85. The van der Waals surface area contributed by atoms with E-state index in [-0.39, 0.29) is 11.7 Å². The molecular weight excluding hydrogens is 388 g/mol. The summed E-state index contributed by atoms with van der Waals surface area (Å²) < 4.78 is 5.48. The van der Waals surface area contributed by atoms with Crippen molar-refractivity contribution in [3.63, 3.8) is 0 Å². The summed E-state index contributed by atoms with van der Waals surface area (Å²) in [5, 5.41) is 9.66. The van der Waals surface area contributed by atoms with Gasteiger partial charge in [-0.3, -0.25) is 4.79 Å². The summed E-state index contributed by atoms with van der Waals surface area (Å²) in [5.74, 6) is 0.149. The molecule has 4 aromatic rings. The molecule has 1 atom stereocenters. The molecule has 1 unspecified atom stereocenters. The summed E-state index contributed by atoms with van der Waals surface area (Å²) >= 11 is 0. The molecule has 0 aliphatic heterocycles. The molecule has 152 valence electrons. The standard InChI is InChI=1S/C27H20O4/c28-18-19-6-8-23(9-7-19)27(30)31-25-16-12-22(13-17-25)26(20-4-2-1-3-5-20)21-10-14-24(29)15-11-21/h1-18,26,29H. The first kappa shape index (κ1) is 20.1. The summed E-state index contributed by atoms with van der Waals surface area (Å²) in [6.07, 6.45) is 0.727. The third kappa shape index (κ3) is 4.70. The zero-order chi connectivity index (χ0) is 21.6. The quantitative estimate of drug-likeness (QED) is 0.195. The van der Waals surface area contributed by atoms with Crippen LogP contribution in [-0.2, 0) is 0 Å². The van der Waals surface area contributed by atoms with Crippen LogP contribution < -0.4 is 4.74 Å². The fourth-order valence-corrected chi connectivity index (χ4v) is 3.48. The Morgan fingerprint density at radius 2 is 1.26 bits per heavy atom. The Bertz CT molecular complexity index is 1160. The first-order valence-electron chi connectivity index (χ1n) is 9.85. The maximum Gasteiger partial charge on any atom is 0.343 e. The van der Waals surface area contributed by atoms with Gasteiger partial charge in [0.1, 0.15) is 17.8 Å². The van der Waals surface area contributed by atoms with Gasteiger partial charge in [-0.1, -0.05) is 66.7 Å². The summed E-state index contributed by atoms with van der Waals surface area (Å²) in [7, 11) is 0. The molecule has 0 aliphatic carbocycles. The van der Waals surface area contributed by atoms with Crippen LogP contribution in [-0.4, -0.2) is 17.4 Å². The Hall–Kier alpha value is -4.18. The Kier molecular flexibility index (Phi) is 5.90. The highest BCUT2D eigenvalue weighted by molar-refractivity contribution is 5.91. The van der Waals surface area contributed by atoms with Gasteiger partial charge in [0.25, 0.3) is 0 Å². The average molecular weight is 408 g/mol. The number of phenolic OH excluding ortho intramolecular Hbond substituents is 1. The van der Waals surface area contributed by atoms with Gasteiger partial charge in [0.05, 0.1) is 5.56 Å². The molecule has 31 heavy (non-hydrogen) atoms. The maximum absolute atomic E-state index is 12.4. The number of benzene rings is 4. The molecule has 0 aliphatic rings. The van der Waals surface area contributed by atoms with E-state index in [1.54, 1.807) is 48.5 Å². The zero-order valence-electron chi connectivity index (χ0n) is 16.6. The minimum Gasteiger partial charge on any atom is -0.508 e. The SMILES string of the molecule is O=Cc1ccc(C(=O)Oc2ccc(C(c3ccccc3)c3ccc(O)cc3)cc2)cc1. The second-order valence-electron chi connectivity index (χ2n) is 7.13. The number of carbonyl (C=O) groups is 2. The predicted octanol–water partition coefficient (Wildman–Crippen LogP) is 5.60. The molecule has 0 saturated carbocycles. The van der Waals surface area contributed by atoms with Crippen molar-refractivity contribution in [1.82, 2.24) is 0 Å². The van der Waals surface area contributed by atoms with Gasteiger partial charge >= 0.3 is 5.97 Å². The van der Waals surface area contributed by atoms with Gasteiger partial charge in [-0.15, -0.1) is 0 Å². The molecule has 0 fully saturated rings. The highest BCUT2D eigenvalue weighted by Crippen LogP contribution is 2.33. The van der Waals surface area contributed by atoms with E-state index in [1.807, 2.05) is 42.5 Å². The van der Waals surface area contributed by atoms with Crippen LogP contribution in [0.25, 0.3) is 0 Å². The molecular formula is C27H20O4. The number of carbonyl (C=O) groups excluding carboxylic acids is 2. The van der Waals surface area contributed by atoms with Crippen molar-refractivity contribution in [3.05, 3.63) is 131 Å². The highest BCUT2D eigenvalue weighted by Gasteiger charge is 2.17.